The molecule has 0 radical (unpaired) electrons. The lowest BCUT2D eigenvalue weighted by Gasteiger charge is -2.06. The van der Waals surface area contributed by atoms with Crippen LogP contribution in [-0.2, 0) is 0 Å². The molecule has 4 heteroatoms. The third-order valence-corrected chi connectivity index (χ3v) is 2.33. The Balaban J connectivity index is 2.23. The molecule has 0 bridgehead atoms. The lowest BCUT2D eigenvalue weighted by Crippen LogP contribution is -1.99. The summed E-state index contributed by atoms with van der Waals surface area (Å²) in [5.74, 6) is 0.611. The van der Waals surface area contributed by atoms with Gasteiger partial charge in [0.2, 0.25) is 5.95 Å². The third-order valence-electron chi connectivity index (χ3n) is 2.08. The van der Waals surface area contributed by atoms with Crippen LogP contribution >= 0.6 is 11.6 Å². The molecule has 2 aromatic rings. The van der Waals surface area contributed by atoms with Gasteiger partial charge in [0, 0.05) is 22.1 Å². The maximum Gasteiger partial charge on any atom is 0.227 e. The van der Waals surface area contributed by atoms with Crippen LogP contribution in [-0.4, -0.2) is 9.97 Å². The van der Waals surface area contributed by atoms with Crippen molar-refractivity contribution in [2.75, 3.05) is 5.32 Å². The van der Waals surface area contributed by atoms with Gasteiger partial charge in [0.15, 0.2) is 0 Å². The second kappa shape index (κ2) is 4.49. The Morgan fingerprint density at radius 1 is 1.00 bits per heavy atom. The summed E-state index contributed by atoms with van der Waals surface area (Å²) < 4.78 is 0. The molecule has 0 fully saturated rings. The van der Waals surface area contributed by atoms with Crippen molar-refractivity contribution >= 4 is 23.2 Å². The minimum absolute atomic E-state index is 0.611. The summed E-state index contributed by atoms with van der Waals surface area (Å²) in [5.41, 5.74) is 2.82. The number of hydrogen-bond acceptors (Lipinski definition) is 3. The van der Waals surface area contributed by atoms with Crippen LogP contribution in [0.2, 0.25) is 5.02 Å². The molecule has 1 N–H and O–H groups in total. The van der Waals surface area contributed by atoms with Crippen LogP contribution in [0.5, 0.6) is 0 Å². The van der Waals surface area contributed by atoms with Gasteiger partial charge in [0.05, 0.1) is 0 Å². The minimum atomic E-state index is 0.611. The number of aromatic nitrogens is 2. The second-order valence-electron chi connectivity index (χ2n) is 3.61. The Labute approximate surface area is 99.5 Å². The van der Waals surface area contributed by atoms with Gasteiger partial charge in [-0.1, -0.05) is 11.6 Å². The highest BCUT2D eigenvalue weighted by molar-refractivity contribution is 6.30. The Bertz CT molecular complexity index is 474. The van der Waals surface area contributed by atoms with Gasteiger partial charge in [-0.2, -0.15) is 0 Å². The topological polar surface area (TPSA) is 37.8 Å². The summed E-state index contributed by atoms with van der Waals surface area (Å²) in [5, 5.41) is 3.85. The molecule has 0 aliphatic heterocycles. The summed E-state index contributed by atoms with van der Waals surface area (Å²) in [7, 11) is 0. The number of anilines is 2. The van der Waals surface area contributed by atoms with E-state index < -0.39 is 0 Å². The van der Waals surface area contributed by atoms with Crippen LogP contribution in [0.4, 0.5) is 11.6 Å². The van der Waals surface area contributed by atoms with E-state index in [9.17, 15) is 0 Å². The molecular formula is C12H12ClN3. The van der Waals surface area contributed by atoms with Gasteiger partial charge < -0.3 is 5.32 Å². The monoisotopic (exact) mass is 233 g/mol. The van der Waals surface area contributed by atoms with Crippen molar-refractivity contribution in [2.24, 2.45) is 0 Å². The third kappa shape index (κ3) is 2.70. The first kappa shape index (κ1) is 10.9. The van der Waals surface area contributed by atoms with Crippen molar-refractivity contribution in [1.29, 1.82) is 0 Å². The lowest BCUT2D eigenvalue weighted by molar-refractivity contribution is 1.06. The van der Waals surface area contributed by atoms with Crippen molar-refractivity contribution in [3.63, 3.8) is 0 Å². The molecule has 1 aromatic carbocycles. The molecule has 2 rings (SSSR count). The fourth-order valence-electron chi connectivity index (χ4n) is 1.44. The SMILES string of the molecule is Cc1cc(C)nc(Nc2ccc(Cl)cc2)n1. The zero-order chi connectivity index (χ0) is 11.5. The fraction of sp³-hybridized carbons (Fsp3) is 0.167. The van der Waals surface area contributed by atoms with E-state index in [0.717, 1.165) is 17.1 Å². The quantitative estimate of drug-likeness (QED) is 0.863. The van der Waals surface area contributed by atoms with E-state index in [0.29, 0.717) is 11.0 Å². The molecule has 3 nitrogen and oxygen atoms in total. The van der Waals surface area contributed by atoms with Gasteiger partial charge in [-0.05, 0) is 44.2 Å². The van der Waals surface area contributed by atoms with E-state index in [-0.39, 0.29) is 0 Å². The van der Waals surface area contributed by atoms with E-state index in [4.69, 9.17) is 11.6 Å². The first-order valence-electron chi connectivity index (χ1n) is 4.98. The molecule has 82 valence electrons. The van der Waals surface area contributed by atoms with Gasteiger partial charge in [-0.25, -0.2) is 9.97 Å². The summed E-state index contributed by atoms with van der Waals surface area (Å²) in [6, 6.07) is 9.37. The molecule has 0 unspecified atom stereocenters. The van der Waals surface area contributed by atoms with Gasteiger partial charge in [0.1, 0.15) is 0 Å². The van der Waals surface area contributed by atoms with Crippen LogP contribution in [0.15, 0.2) is 30.3 Å². The van der Waals surface area contributed by atoms with Gasteiger partial charge in [-0.3, -0.25) is 0 Å². The molecule has 1 heterocycles. The number of nitrogens with one attached hydrogen (secondary N) is 1. The molecule has 0 atom stereocenters. The zero-order valence-electron chi connectivity index (χ0n) is 9.16. The van der Waals surface area contributed by atoms with Crippen molar-refractivity contribution in [3.05, 3.63) is 46.7 Å². The van der Waals surface area contributed by atoms with Gasteiger partial charge in [0.25, 0.3) is 0 Å². The highest BCUT2D eigenvalue weighted by atomic mass is 35.5. The molecule has 1 aromatic heterocycles. The average Bonchev–Trinajstić information content (AvgIpc) is 2.20. The molecule has 0 saturated heterocycles. The Hall–Kier alpha value is -1.61. The maximum atomic E-state index is 5.81. The van der Waals surface area contributed by atoms with Crippen LogP contribution in [0.25, 0.3) is 0 Å². The number of nitrogens with zero attached hydrogens (tertiary/aromatic N) is 2. The number of aryl methyl sites for hydroxylation is 2. The summed E-state index contributed by atoms with van der Waals surface area (Å²) >= 11 is 5.81. The Morgan fingerprint density at radius 3 is 2.12 bits per heavy atom. The Kier molecular flexibility index (Phi) is 3.06. The van der Waals surface area contributed by atoms with E-state index in [2.05, 4.69) is 15.3 Å². The van der Waals surface area contributed by atoms with Crippen LogP contribution in [0, 0.1) is 13.8 Å². The molecule has 0 saturated carbocycles. The lowest BCUT2D eigenvalue weighted by atomic mass is 10.3. The molecule has 16 heavy (non-hydrogen) atoms. The van der Waals surface area contributed by atoms with E-state index in [1.165, 1.54) is 0 Å². The van der Waals surface area contributed by atoms with Gasteiger partial charge in [-0.15, -0.1) is 0 Å². The largest absolute Gasteiger partial charge is 0.324 e. The fourth-order valence-corrected chi connectivity index (χ4v) is 1.57. The first-order chi connectivity index (χ1) is 7.63. The summed E-state index contributed by atoms with van der Waals surface area (Å²) in [6.45, 7) is 3.89. The van der Waals surface area contributed by atoms with E-state index >= 15 is 0 Å². The van der Waals surface area contributed by atoms with Crippen LogP contribution < -0.4 is 5.32 Å². The molecule has 0 spiro atoms. The highest BCUT2D eigenvalue weighted by Gasteiger charge is 1.99. The van der Waals surface area contributed by atoms with Crippen LogP contribution in [0.1, 0.15) is 11.4 Å². The van der Waals surface area contributed by atoms with Crippen molar-refractivity contribution < 1.29 is 0 Å². The standard InChI is InChI=1S/C12H12ClN3/c1-8-7-9(2)15-12(14-8)16-11-5-3-10(13)4-6-11/h3-7H,1-2H3,(H,14,15,16). The van der Waals surface area contributed by atoms with Crippen LogP contribution in [0.3, 0.4) is 0 Å². The average molecular weight is 234 g/mol. The van der Waals surface area contributed by atoms with Crippen molar-refractivity contribution in [1.82, 2.24) is 9.97 Å². The zero-order valence-corrected chi connectivity index (χ0v) is 9.92. The Morgan fingerprint density at radius 2 is 1.56 bits per heavy atom. The van der Waals surface area contributed by atoms with E-state index in [1.54, 1.807) is 0 Å². The second-order valence-corrected chi connectivity index (χ2v) is 4.04. The first-order valence-corrected chi connectivity index (χ1v) is 5.36. The number of rotatable bonds is 2. The van der Waals surface area contributed by atoms with E-state index in [1.807, 2.05) is 44.2 Å². The summed E-state index contributed by atoms with van der Waals surface area (Å²) in [6.07, 6.45) is 0. The number of halogens is 1. The van der Waals surface area contributed by atoms with Gasteiger partial charge >= 0.3 is 0 Å². The normalized spacial score (nSPS) is 10.2. The molecule has 0 amide bonds. The number of benzene rings is 1. The maximum absolute atomic E-state index is 5.81. The molecule has 0 aliphatic carbocycles. The number of hydrogen-bond donors (Lipinski definition) is 1. The summed E-state index contributed by atoms with van der Waals surface area (Å²) in [4.78, 5) is 8.59. The highest BCUT2D eigenvalue weighted by Crippen LogP contribution is 2.16. The predicted octanol–water partition coefficient (Wildman–Crippen LogP) is 3.49. The van der Waals surface area contributed by atoms with Crippen molar-refractivity contribution in [2.45, 2.75) is 13.8 Å². The smallest absolute Gasteiger partial charge is 0.227 e. The minimum Gasteiger partial charge on any atom is -0.324 e. The molecule has 0 aliphatic rings. The molecular weight excluding hydrogens is 222 g/mol. The van der Waals surface area contributed by atoms with Crippen molar-refractivity contribution in [3.8, 4) is 0 Å². The predicted molar refractivity (Wildman–Crippen MR) is 66.2 cm³/mol.